The highest BCUT2D eigenvalue weighted by atomic mass is 16.5. The highest BCUT2D eigenvalue weighted by Gasteiger charge is 2.04. The first kappa shape index (κ1) is 15.4. The number of rotatable bonds is 7. The lowest BCUT2D eigenvalue weighted by Crippen LogP contribution is -2.17. The first-order valence-electron chi connectivity index (χ1n) is 7.36. The molecule has 0 heterocycles. The van der Waals surface area contributed by atoms with E-state index in [2.05, 4.69) is 60.6 Å². The highest BCUT2D eigenvalue weighted by molar-refractivity contribution is 5.50. The van der Waals surface area contributed by atoms with E-state index in [4.69, 9.17) is 4.74 Å². The molecular weight excluding hydrogens is 260 g/mol. The fourth-order valence-corrected chi connectivity index (χ4v) is 2.32. The molecule has 0 radical (unpaired) electrons. The smallest absolute Gasteiger partial charge is 0.120 e. The molecule has 21 heavy (non-hydrogen) atoms. The number of hydrogen-bond acceptors (Lipinski definition) is 3. The van der Waals surface area contributed by atoms with E-state index >= 15 is 0 Å². The Morgan fingerprint density at radius 1 is 1.05 bits per heavy atom. The van der Waals surface area contributed by atoms with Crippen molar-refractivity contribution < 1.29 is 4.74 Å². The number of anilines is 1. The lowest BCUT2D eigenvalue weighted by Gasteiger charge is -2.20. The predicted octanol–water partition coefficient (Wildman–Crippen LogP) is 3.44. The average molecular weight is 284 g/mol. The van der Waals surface area contributed by atoms with Gasteiger partial charge in [-0.2, -0.15) is 0 Å². The van der Waals surface area contributed by atoms with Crippen LogP contribution in [0, 0.1) is 0 Å². The Labute approximate surface area is 127 Å². The Balaban J connectivity index is 2.06. The second kappa shape index (κ2) is 7.70. The minimum absolute atomic E-state index is 0.882. The maximum Gasteiger partial charge on any atom is 0.120 e. The first-order chi connectivity index (χ1) is 10.2. The second-order valence-corrected chi connectivity index (χ2v) is 5.16. The summed E-state index contributed by atoms with van der Waals surface area (Å²) in [7, 11) is 3.80. The van der Waals surface area contributed by atoms with Crippen molar-refractivity contribution in [2.75, 3.05) is 25.6 Å². The van der Waals surface area contributed by atoms with Crippen LogP contribution in [-0.2, 0) is 13.1 Å². The third kappa shape index (κ3) is 4.50. The molecule has 0 saturated heterocycles. The molecular formula is C18H24N2O. The normalized spacial score (nSPS) is 10.4. The van der Waals surface area contributed by atoms with Crippen LogP contribution in [-0.4, -0.2) is 20.7 Å². The van der Waals surface area contributed by atoms with E-state index in [9.17, 15) is 0 Å². The van der Waals surface area contributed by atoms with E-state index in [0.29, 0.717) is 0 Å². The third-order valence-corrected chi connectivity index (χ3v) is 3.48. The van der Waals surface area contributed by atoms with Crippen LogP contribution >= 0.6 is 0 Å². The summed E-state index contributed by atoms with van der Waals surface area (Å²) in [6.07, 6.45) is 0. The number of hydrogen-bond donors (Lipinski definition) is 1. The van der Waals surface area contributed by atoms with Gasteiger partial charge >= 0.3 is 0 Å². The molecule has 0 fully saturated rings. The van der Waals surface area contributed by atoms with Crippen molar-refractivity contribution in [1.29, 1.82) is 0 Å². The predicted molar refractivity (Wildman–Crippen MR) is 88.9 cm³/mol. The van der Waals surface area contributed by atoms with Gasteiger partial charge < -0.3 is 15.0 Å². The van der Waals surface area contributed by atoms with Crippen molar-refractivity contribution in [3.8, 4) is 5.75 Å². The van der Waals surface area contributed by atoms with E-state index in [0.717, 1.165) is 31.1 Å². The van der Waals surface area contributed by atoms with Crippen molar-refractivity contribution >= 4 is 5.69 Å². The zero-order valence-corrected chi connectivity index (χ0v) is 13.1. The van der Waals surface area contributed by atoms with Gasteiger partial charge in [-0.15, -0.1) is 0 Å². The van der Waals surface area contributed by atoms with E-state index in [-0.39, 0.29) is 0 Å². The van der Waals surface area contributed by atoms with Gasteiger partial charge in [0.2, 0.25) is 0 Å². The van der Waals surface area contributed by atoms with Gasteiger partial charge in [-0.3, -0.25) is 0 Å². The molecule has 2 aromatic rings. The van der Waals surface area contributed by atoms with Gasteiger partial charge in [0.15, 0.2) is 0 Å². The number of methoxy groups -OCH3 is 1. The Morgan fingerprint density at radius 2 is 1.81 bits per heavy atom. The van der Waals surface area contributed by atoms with Crippen LogP contribution in [0.2, 0.25) is 0 Å². The SMILES string of the molecule is CCNCc1cccc(CN(C)c2cccc(OC)c2)c1. The van der Waals surface area contributed by atoms with Crippen molar-refractivity contribution in [1.82, 2.24) is 5.32 Å². The summed E-state index contributed by atoms with van der Waals surface area (Å²) in [5.41, 5.74) is 3.80. The molecule has 0 spiro atoms. The van der Waals surface area contributed by atoms with E-state index in [1.165, 1.54) is 11.1 Å². The summed E-state index contributed by atoms with van der Waals surface area (Å²) in [6.45, 7) is 4.93. The molecule has 0 amide bonds. The van der Waals surface area contributed by atoms with Crippen LogP contribution < -0.4 is 15.0 Å². The quantitative estimate of drug-likeness (QED) is 0.843. The fraction of sp³-hybridized carbons (Fsp3) is 0.333. The van der Waals surface area contributed by atoms with Crippen LogP contribution in [0.15, 0.2) is 48.5 Å². The number of benzene rings is 2. The summed E-state index contributed by atoms with van der Waals surface area (Å²) < 4.78 is 5.28. The van der Waals surface area contributed by atoms with Gasteiger partial charge in [-0.05, 0) is 29.8 Å². The van der Waals surface area contributed by atoms with E-state index in [1.807, 2.05) is 12.1 Å². The number of ether oxygens (including phenoxy) is 1. The molecule has 1 N–H and O–H groups in total. The van der Waals surface area contributed by atoms with E-state index < -0.39 is 0 Å². The van der Waals surface area contributed by atoms with Gasteiger partial charge in [0, 0.05) is 31.9 Å². The molecule has 0 atom stereocenters. The molecule has 0 aliphatic heterocycles. The molecule has 0 bridgehead atoms. The summed E-state index contributed by atoms with van der Waals surface area (Å²) in [5, 5.41) is 3.36. The minimum Gasteiger partial charge on any atom is -0.497 e. The van der Waals surface area contributed by atoms with Crippen molar-refractivity contribution in [3.05, 3.63) is 59.7 Å². The van der Waals surface area contributed by atoms with Gasteiger partial charge in [0.25, 0.3) is 0 Å². The van der Waals surface area contributed by atoms with Crippen LogP contribution in [0.3, 0.4) is 0 Å². The molecule has 0 aliphatic carbocycles. The molecule has 2 aromatic carbocycles. The Bertz CT molecular complexity index is 569. The molecule has 0 unspecified atom stereocenters. The van der Waals surface area contributed by atoms with Gasteiger partial charge in [0.1, 0.15) is 5.75 Å². The maximum atomic E-state index is 5.28. The summed E-state index contributed by atoms with van der Waals surface area (Å²) in [5.74, 6) is 0.889. The zero-order valence-electron chi connectivity index (χ0n) is 13.1. The number of nitrogens with zero attached hydrogens (tertiary/aromatic N) is 1. The summed E-state index contributed by atoms with van der Waals surface area (Å²) in [4.78, 5) is 2.23. The van der Waals surface area contributed by atoms with Crippen LogP contribution in [0.4, 0.5) is 5.69 Å². The minimum atomic E-state index is 0.882. The number of nitrogens with one attached hydrogen (secondary N) is 1. The molecule has 0 saturated carbocycles. The Hall–Kier alpha value is -2.00. The van der Waals surface area contributed by atoms with Crippen molar-refractivity contribution in [2.24, 2.45) is 0 Å². The summed E-state index contributed by atoms with van der Waals surface area (Å²) >= 11 is 0. The third-order valence-electron chi connectivity index (χ3n) is 3.48. The first-order valence-corrected chi connectivity index (χ1v) is 7.36. The fourth-order valence-electron chi connectivity index (χ4n) is 2.32. The average Bonchev–Trinajstić information content (AvgIpc) is 2.53. The lowest BCUT2D eigenvalue weighted by molar-refractivity contribution is 0.415. The van der Waals surface area contributed by atoms with Crippen LogP contribution in [0.25, 0.3) is 0 Å². The highest BCUT2D eigenvalue weighted by Crippen LogP contribution is 2.21. The van der Waals surface area contributed by atoms with Crippen LogP contribution in [0.5, 0.6) is 5.75 Å². The Kier molecular flexibility index (Phi) is 5.64. The van der Waals surface area contributed by atoms with Gasteiger partial charge in [-0.25, -0.2) is 0 Å². The molecule has 0 aliphatic rings. The van der Waals surface area contributed by atoms with E-state index in [1.54, 1.807) is 7.11 Å². The Morgan fingerprint density at radius 3 is 2.57 bits per heavy atom. The molecule has 0 aromatic heterocycles. The van der Waals surface area contributed by atoms with Gasteiger partial charge in [-0.1, -0.05) is 37.3 Å². The molecule has 112 valence electrons. The van der Waals surface area contributed by atoms with Crippen molar-refractivity contribution in [3.63, 3.8) is 0 Å². The second-order valence-electron chi connectivity index (χ2n) is 5.16. The molecule has 3 heteroatoms. The van der Waals surface area contributed by atoms with Crippen molar-refractivity contribution in [2.45, 2.75) is 20.0 Å². The maximum absolute atomic E-state index is 5.28. The summed E-state index contributed by atoms with van der Waals surface area (Å²) in [6, 6.07) is 16.9. The monoisotopic (exact) mass is 284 g/mol. The topological polar surface area (TPSA) is 24.5 Å². The largest absolute Gasteiger partial charge is 0.497 e. The standard InChI is InChI=1S/C18H24N2O/c1-4-19-13-15-7-5-8-16(11-15)14-20(2)17-9-6-10-18(12-17)21-3/h5-12,19H,4,13-14H2,1-3H3. The molecule has 2 rings (SSSR count). The zero-order chi connectivity index (χ0) is 15.1. The molecule has 3 nitrogen and oxygen atoms in total. The van der Waals surface area contributed by atoms with Gasteiger partial charge in [0.05, 0.1) is 7.11 Å². The lowest BCUT2D eigenvalue weighted by atomic mass is 10.1. The van der Waals surface area contributed by atoms with Crippen LogP contribution in [0.1, 0.15) is 18.1 Å².